The first-order valence-corrected chi connectivity index (χ1v) is 12.5. The number of carbonyl (C=O) groups is 2. The van der Waals surface area contributed by atoms with Crippen LogP contribution in [0.3, 0.4) is 0 Å². The van der Waals surface area contributed by atoms with E-state index >= 15 is 0 Å². The van der Waals surface area contributed by atoms with Gasteiger partial charge in [0.2, 0.25) is 5.91 Å². The highest BCUT2D eigenvalue weighted by atomic mass is 19.1. The van der Waals surface area contributed by atoms with Crippen molar-refractivity contribution in [1.29, 1.82) is 0 Å². The molecule has 0 aliphatic rings. The van der Waals surface area contributed by atoms with Crippen LogP contribution in [0.4, 0.5) is 14.5 Å². The smallest absolute Gasteiger partial charge is 0.275 e. The second kappa shape index (κ2) is 12.4. The average Bonchev–Trinajstić information content (AvgIpc) is 2.95. The predicted molar refractivity (Wildman–Crippen MR) is 149 cm³/mol. The van der Waals surface area contributed by atoms with E-state index in [0.717, 1.165) is 0 Å². The van der Waals surface area contributed by atoms with Gasteiger partial charge in [-0.15, -0.1) is 0 Å². The standard InChI is InChI=1S/C30H28F2N4O4/c1-18(33-2)28(37)35-26-11-12-27(20-5-4-6-21(15-20)29(38)34-3)36(30(26)39)17-19-13-23(32)16-25(14-19)40-24-9-7-22(31)8-10-24/h4-16,18,33H,17H2,1-3H3,(H,34,38)(H,35,37)/t18-/m0/s1. The van der Waals surface area contributed by atoms with E-state index in [0.29, 0.717) is 28.1 Å². The maximum atomic E-state index is 14.6. The maximum absolute atomic E-state index is 14.6. The average molecular weight is 547 g/mol. The molecule has 0 bridgehead atoms. The second-order valence-electron chi connectivity index (χ2n) is 9.03. The Hall–Kier alpha value is -4.83. The van der Waals surface area contributed by atoms with Crippen molar-refractivity contribution in [2.24, 2.45) is 0 Å². The van der Waals surface area contributed by atoms with E-state index in [1.165, 1.54) is 54.1 Å². The third-order valence-corrected chi connectivity index (χ3v) is 6.23. The van der Waals surface area contributed by atoms with Crippen molar-refractivity contribution in [3.05, 3.63) is 112 Å². The zero-order valence-corrected chi connectivity index (χ0v) is 22.1. The molecule has 3 N–H and O–H groups in total. The van der Waals surface area contributed by atoms with Crippen LogP contribution in [0, 0.1) is 11.6 Å². The van der Waals surface area contributed by atoms with Gasteiger partial charge in [-0.05, 0) is 85.8 Å². The molecule has 0 radical (unpaired) electrons. The lowest BCUT2D eigenvalue weighted by Crippen LogP contribution is -2.37. The Morgan fingerprint density at radius 2 is 1.65 bits per heavy atom. The summed E-state index contributed by atoms with van der Waals surface area (Å²) in [5.74, 6) is -1.26. The molecule has 2 amide bonds. The lowest BCUT2D eigenvalue weighted by Gasteiger charge is -2.18. The van der Waals surface area contributed by atoms with E-state index in [4.69, 9.17) is 4.74 Å². The Labute approximate surface area is 229 Å². The molecule has 4 aromatic rings. The molecule has 206 valence electrons. The first-order chi connectivity index (χ1) is 19.2. The summed E-state index contributed by atoms with van der Waals surface area (Å²) in [4.78, 5) is 38.4. The molecule has 1 heterocycles. The molecule has 0 spiro atoms. The fourth-order valence-electron chi connectivity index (χ4n) is 4.01. The summed E-state index contributed by atoms with van der Waals surface area (Å²) in [6.07, 6.45) is 0. The number of nitrogens with one attached hydrogen (secondary N) is 3. The number of anilines is 1. The van der Waals surface area contributed by atoms with E-state index < -0.39 is 29.1 Å². The number of aromatic nitrogens is 1. The van der Waals surface area contributed by atoms with E-state index in [1.54, 1.807) is 50.4 Å². The van der Waals surface area contributed by atoms with Gasteiger partial charge in [0, 0.05) is 18.7 Å². The van der Waals surface area contributed by atoms with Crippen molar-refractivity contribution < 1.29 is 23.1 Å². The lowest BCUT2D eigenvalue weighted by molar-refractivity contribution is -0.117. The van der Waals surface area contributed by atoms with Crippen molar-refractivity contribution in [2.45, 2.75) is 19.5 Å². The Morgan fingerprint density at radius 1 is 0.900 bits per heavy atom. The summed E-state index contributed by atoms with van der Waals surface area (Å²) in [5.41, 5.74) is 1.32. The van der Waals surface area contributed by atoms with Gasteiger partial charge in [-0.2, -0.15) is 0 Å². The molecule has 3 aromatic carbocycles. The summed E-state index contributed by atoms with van der Waals surface area (Å²) in [6.45, 7) is 1.57. The molecule has 0 aliphatic carbocycles. The summed E-state index contributed by atoms with van der Waals surface area (Å²) in [7, 11) is 3.14. The number of hydrogen-bond donors (Lipinski definition) is 3. The highest BCUT2D eigenvalue weighted by Gasteiger charge is 2.17. The highest BCUT2D eigenvalue weighted by Crippen LogP contribution is 2.26. The number of halogens is 2. The Bertz CT molecular complexity index is 1600. The minimum Gasteiger partial charge on any atom is -0.457 e. The molecule has 40 heavy (non-hydrogen) atoms. The van der Waals surface area contributed by atoms with Crippen LogP contribution in [-0.2, 0) is 11.3 Å². The SMILES string of the molecule is CNC(=O)c1cccc(-c2ccc(NC(=O)[C@H](C)NC)c(=O)n2Cc2cc(F)cc(Oc3ccc(F)cc3)c2)c1. The van der Waals surface area contributed by atoms with Gasteiger partial charge in [0.05, 0.1) is 18.3 Å². The number of amides is 2. The zero-order chi connectivity index (χ0) is 28.8. The Morgan fingerprint density at radius 3 is 2.35 bits per heavy atom. The normalized spacial score (nSPS) is 11.5. The number of nitrogens with zero attached hydrogens (tertiary/aromatic N) is 1. The van der Waals surface area contributed by atoms with E-state index in [2.05, 4.69) is 16.0 Å². The molecular weight excluding hydrogens is 518 g/mol. The lowest BCUT2D eigenvalue weighted by atomic mass is 10.1. The number of rotatable bonds is 9. The summed E-state index contributed by atoms with van der Waals surface area (Å²) in [5, 5.41) is 8.03. The molecule has 0 saturated carbocycles. The molecule has 1 aromatic heterocycles. The topological polar surface area (TPSA) is 101 Å². The van der Waals surface area contributed by atoms with Gasteiger partial charge in [-0.1, -0.05) is 12.1 Å². The predicted octanol–water partition coefficient (Wildman–Crippen LogP) is 4.54. The molecule has 8 nitrogen and oxygen atoms in total. The third kappa shape index (κ3) is 6.59. The molecule has 1 atom stereocenters. The molecule has 0 fully saturated rings. The minimum atomic E-state index is -0.599. The van der Waals surface area contributed by atoms with Crippen LogP contribution in [-0.4, -0.2) is 36.5 Å². The molecule has 4 rings (SSSR count). The van der Waals surface area contributed by atoms with Crippen LogP contribution in [0.1, 0.15) is 22.8 Å². The summed E-state index contributed by atoms with van der Waals surface area (Å²) < 4.78 is 35.0. The fraction of sp³-hybridized carbons (Fsp3) is 0.167. The Kier molecular flexibility index (Phi) is 8.70. The molecule has 0 unspecified atom stereocenters. The van der Waals surface area contributed by atoms with Crippen LogP contribution in [0.5, 0.6) is 11.5 Å². The first kappa shape index (κ1) is 28.2. The number of pyridine rings is 1. The van der Waals surface area contributed by atoms with Crippen LogP contribution >= 0.6 is 0 Å². The second-order valence-corrected chi connectivity index (χ2v) is 9.03. The summed E-state index contributed by atoms with van der Waals surface area (Å²) >= 11 is 0. The van der Waals surface area contributed by atoms with Crippen molar-refractivity contribution in [1.82, 2.24) is 15.2 Å². The molecule has 10 heteroatoms. The van der Waals surface area contributed by atoms with Crippen LogP contribution in [0.25, 0.3) is 11.3 Å². The third-order valence-electron chi connectivity index (χ3n) is 6.23. The van der Waals surface area contributed by atoms with Crippen LogP contribution < -0.4 is 26.2 Å². The van der Waals surface area contributed by atoms with Crippen molar-refractivity contribution >= 4 is 17.5 Å². The molecule has 0 saturated heterocycles. The largest absolute Gasteiger partial charge is 0.457 e. The molecular formula is C30H28F2N4O4. The van der Waals surface area contributed by atoms with Gasteiger partial charge < -0.3 is 25.3 Å². The van der Waals surface area contributed by atoms with Gasteiger partial charge in [-0.3, -0.25) is 14.4 Å². The first-order valence-electron chi connectivity index (χ1n) is 12.5. The van der Waals surface area contributed by atoms with Gasteiger partial charge in [-0.25, -0.2) is 8.78 Å². The van der Waals surface area contributed by atoms with Gasteiger partial charge in [0.25, 0.3) is 11.5 Å². The van der Waals surface area contributed by atoms with E-state index in [-0.39, 0.29) is 23.9 Å². The summed E-state index contributed by atoms with van der Waals surface area (Å²) in [6, 6.07) is 18.6. The van der Waals surface area contributed by atoms with Crippen LogP contribution in [0.2, 0.25) is 0 Å². The monoisotopic (exact) mass is 546 g/mol. The van der Waals surface area contributed by atoms with Gasteiger partial charge in [0.15, 0.2) is 0 Å². The van der Waals surface area contributed by atoms with E-state index in [1.807, 2.05) is 0 Å². The minimum absolute atomic E-state index is 0.0393. The number of benzene rings is 3. The number of ether oxygens (including phenoxy) is 1. The van der Waals surface area contributed by atoms with E-state index in [9.17, 15) is 23.2 Å². The quantitative estimate of drug-likeness (QED) is 0.286. The molecule has 0 aliphatic heterocycles. The maximum Gasteiger partial charge on any atom is 0.275 e. The number of carbonyl (C=O) groups excluding carboxylic acids is 2. The number of hydrogen-bond acceptors (Lipinski definition) is 5. The van der Waals surface area contributed by atoms with Gasteiger partial charge >= 0.3 is 0 Å². The Balaban J connectivity index is 1.78. The van der Waals surface area contributed by atoms with Crippen molar-refractivity contribution in [3.63, 3.8) is 0 Å². The van der Waals surface area contributed by atoms with Crippen molar-refractivity contribution in [3.8, 4) is 22.8 Å². The van der Waals surface area contributed by atoms with Crippen LogP contribution in [0.15, 0.2) is 83.7 Å². The fourth-order valence-corrected chi connectivity index (χ4v) is 4.01. The highest BCUT2D eigenvalue weighted by molar-refractivity contribution is 5.95. The zero-order valence-electron chi connectivity index (χ0n) is 22.1. The van der Waals surface area contributed by atoms with Gasteiger partial charge in [0.1, 0.15) is 28.8 Å². The van der Waals surface area contributed by atoms with Crippen molar-refractivity contribution in [2.75, 3.05) is 19.4 Å². The number of likely N-dealkylation sites (N-methyl/N-ethyl adjacent to an activating group) is 1.